The average Bonchev–Trinajstić information content (AvgIpc) is 3.29. The van der Waals surface area contributed by atoms with Crippen molar-refractivity contribution in [3.8, 4) is 40.2 Å². The van der Waals surface area contributed by atoms with Crippen molar-refractivity contribution in [1.29, 1.82) is 5.26 Å². The van der Waals surface area contributed by atoms with Gasteiger partial charge >= 0.3 is 0 Å². The zero-order valence-electron chi connectivity index (χ0n) is 35.2. The van der Waals surface area contributed by atoms with E-state index in [9.17, 15) is 15.5 Å². The highest BCUT2D eigenvalue weighted by Gasteiger charge is 2.17. The molecule has 0 bridgehead atoms. The molecule has 0 heterocycles. The lowest BCUT2D eigenvalue weighted by Crippen LogP contribution is -2.18. The highest BCUT2D eigenvalue weighted by atomic mass is 35.5. The number of nitrogens with zero attached hydrogens (tertiary/aromatic N) is 1. The van der Waals surface area contributed by atoms with E-state index in [-0.39, 0.29) is 33.0 Å². The van der Waals surface area contributed by atoms with Crippen LogP contribution in [0.3, 0.4) is 0 Å². The molecule has 0 amide bonds. The Morgan fingerprint density at radius 3 is 1.50 bits per heavy atom. The van der Waals surface area contributed by atoms with Crippen molar-refractivity contribution in [1.82, 2.24) is 10.6 Å². The van der Waals surface area contributed by atoms with Crippen molar-refractivity contribution in [3.05, 3.63) is 169 Å². The van der Waals surface area contributed by atoms with Crippen molar-refractivity contribution in [2.45, 2.75) is 53.4 Å². The molecule has 6 rings (SSSR count). The summed E-state index contributed by atoms with van der Waals surface area (Å²) in [4.78, 5) is 0. The molecule has 62 heavy (non-hydrogen) atoms. The van der Waals surface area contributed by atoms with Gasteiger partial charge < -0.3 is 45.1 Å². The minimum atomic E-state index is 0.00232. The number of aliphatic hydroxyl groups is 2. The third-order valence-electron chi connectivity index (χ3n) is 10.4. The first-order valence-electron chi connectivity index (χ1n) is 20.4. The van der Waals surface area contributed by atoms with Crippen LogP contribution < -0.4 is 34.9 Å². The highest BCUT2D eigenvalue weighted by Crippen LogP contribution is 2.37. The molecule has 5 N–H and O–H groups in total. The van der Waals surface area contributed by atoms with Crippen LogP contribution in [0.2, 0.25) is 10.0 Å². The zero-order valence-corrected chi connectivity index (χ0v) is 36.7. The second-order valence-corrected chi connectivity index (χ2v) is 15.5. The van der Waals surface area contributed by atoms with Gasteiger partial charge in [-0.3, -0.25) is 0 Å². The van der Waals surface area contributed by atoms with Gasteiger partial charge in [0.15, 0.2) is 0 Å². The molecule has 6 aromatic rings. The van der Waals surface area contributed by atoms with Gasteiger partial charge in [-0.2, -0.15) is 5.26 Å². The van der Waals surface area contributed by atoms with Crippen molar-refractivity contribution in [2.75, 3.05) is 38.7 Å². The van der Waals surface area contributed by atoms with Crippen LogP contribution in [0.5, 0.6) is 23.0 Å². The van der Waals surface area contributed by atoms with Crippen LogP contribution in [-0.2, 0) is 39.5 Å². The van der Waals surface area contributed by atoms with Crippen LogP contribution in [0.1, 0.15) is 50.1 Å². The van der Waals surface area contributed by atoms with E-state index < -0.39 is 0 Å². The molecule has 0 aliphatic carbocycles. The number of nitrogens with one attached hydrogen (secondary N) is 3. The summed E-state index contributed by atoms with van der Waals surface area (Å²) in [6.07, 6.45) is 0. The Morgan fingerprint density at radius 2 is 1.02 bits per heavy atom. The molecule has 0 aliphatic heterocycles. The molecule has 12 heteroatoms. The van der Waals surface area contributed by atoms with Crippen molar-refractivity contribution in [2.24, 2.45) is 0 Å². The van der Waals surface area contributed by atoms with Crippen molar-refractivity contribution < 1.29 is 29.2 Å². The van der Waals surface area contributed by atoms with Gasteiger partial charge in [0.1, 0.15) is 49.4 Å². The van der Waals surface area contributed by atoms with Crippen molar-refractivity contribution in [3.63, 3.8) is 0 Å². The summed E-state index contributed by atoms with van der Waals surface area (Å²) in [7, 11) is 1.88. The number of nitriles is 1. The Balaban J connectivity index is 1.18. The first-order valence-corrected chi connectivity index (χ1v) is 21.2. The Labute approximate surface area is 374 Å². The Hall–Kier alpha value is -5.77. The smallest absolute Gasteiger partial charge is 0.142 e. The fourth-order valence-corrected chi connectivity index (χ4v) is 7.45. The summed E-state index contributed by atoms with van der Waals surface area (Å²) in [5, 5.41) is 38.5. The third-order valence-corrected chi connectivity index (χ3v) is 11.0. The van der Waals surface area contributed by atoms with E-state index in [0.717, 1.165) is 61.3 Å². The minimum Gasteiger partial charge on any atom is -0.488 e. The molecule has 0 atom stereocenters. The molecule has 0 radical (unpaired) electrons. The number of benzene rings is 6. The molecule has 0 spiro atoms. The predicted octanol–water partition coefficient (Wildman–Crippen LogP) is 9.67. The van der Waals surface area contributed by atoms with E-state index >= 15 is 0 Å². The standard InChI is InChI=1S/C50H52Cl2N4O6/c1-33-38(31-61-49-24-47(40(22-45(49)51)27-55-16-18-57)59-29-36-9-4-8-35(20-36)26-53)11-6-14-43(33)44-15-7-12-39(34(44)2)32-62-50-25-48(41(23-46(50)52)28-56-17-19-58)60-30-37-10-5-13-42(21-37)54-3/h4-15,20-25,54-58H,16-19,27-32H2,1-3H3. The monoisotopic (exact) mass is 874 g/mol. The fraction of sp³-hybridized carbons (Fsp3) is 0.260. The van der Waals surface area contributed by atoms with Crippen LogP contribution in [0.25, 0.3) is 11.1 Å². The molecule has 322 valence electrons. The largest absolute Gasteiger partial charge is 0.488 e. The van der Waals surface area contributed by atoms with E-state index in [1.54, 1.807) is 18.2 Å². The van der Waals surface area contributed by atoms with E-state index in [1.807, 2.05) is 79.8 Å². The highest BCUT2D eigenvalue weighted by molar-refractivity contribution is 6.32. The van der Waals surface area contributed by atoms with E-state index in [0.29, 0.717) is 71.4 Å². The quantitative estimate of drug-likeness (QED) is 0.0420. The minimum absolute atomic E-state index is 0.00232. The lowest BCUT2D eigenvalue weighted by atomic mass is 9.92. The molecule has 0 saturated carbocycles. The van der Waals surface area contributed by atoms with Gasteiger partial charge in [-0.1, -0.05) is 83.9 Å². The van der Waals surface area contributed by atoms with E-state index in [1.165, 1.54) is 0 Å². The number of aliphatic hydroxyl groups excluding tert-OH is 2. The Bertz CT molecular complexity index is 2490. The molecular weight excluding hydrogens is 823 g/mol. The lowest BCUT2D eigenvalue weighted by Gasteiger charge is -2.19. The molecule has 0 fully saturated rings. The number of hydrogen-bond donors (Lipinski definition) is 5. The first kappa shape index (κ1) is 45.7. The first-order chi connectivity index (χ1) is 30.2. The zero-order chi connectivity index (χ0) is 43.8. The van der Waals surface area contributed by atoms with Gasteiger partial charge in [-0.25, -0.2) is 0 Å². The number of rotatable bonds is 22. The second kappa shape index (κ2) is 22.9. The van der Waals surface area contributed by atoms with Gasteiger partial charge in [0.25, 0.3) is 0 Å². The summed E-state index contributed by atoms with van der Waals surface area (Å²) < 4.78 is 25.4. The molecule has 0 saturated heterocycles. The topological polar surface area (TPSA) is 137 Å². The van der Waals surface area contributed by atoms with Crippen LogP contribution in [0.15, 0.2) is 109 Å². The summed E-state index contributed by atoms with van der Waals surface area (Å²) in [5.74, 6) is 2.21. The Kier molecular flexibility index (Phi) is 16.9. The fourth-order valence-electron chi connectivity index (χ4n) is 6.97. The van der Waals surface area contributed by atoms with Gasteiger partial charge in [0.05, 0.1) is 34.9 Å². The lowest BCUT2D eigenvalue weighted by molar-refractivity contribution is 0.282. The molecule has 6 aromatic carbocycles. The molecular formula is C50H52Cl2N4O6. The second-order valence-electron chi connectivity index (χ2n) is 14.7. The normalized spacial score (nSPS) is 10.9. The molecule has 10 nitrogen and oxygen atoms in total. The Morgan fingerprint density at radius 1 is 0.548 bits per heavy atom. The summed E-state index contributed by atoms with van der Waals surface area (Å²) in [6, 6.07) is 37.2. The third kappa shape index (κ3) is 12.2. The predicted molar refractivity (Wildman–Crippen MR) is 246 cm³/mol. The summed E-state index contributed by atoms with van der Waals surface area (Å²) in [5.41, 5.74) is 11.4. The molecule has 0 aromatic heterocycles. The van der Waals surface area contributed by atoms with Crippen LogP contribution >= 0.6 is 23.2 Å². The number of hydrogen-bond acceptors (Lipinski definition) is 10. The van der Waals surface area contributed by atoms with E-state index in [4.69, 9.17) is 42.1 Å². The SMILES string of the molecule is CNc1cccc(COc2cc(OCc3cccc(-c4cccc(COc5cc(OCc6cccc(C#N)c6)c(CNCCO)cc5Cl)c4C)c3C)c(Cl)cc2CNCCO)c1. The number of halogens is 2. The summed E-state index contributed by atoms with van der Waals surface area (Å²) >= 11 is 13.6. The van der Waals surface area contributed by atoms with Crippen molar-refractivity contribution >= 4 is 28.9 Å². The molecule has 0 unspecified atom stereocenters. The van der Waals surface area contributed by atoms with Crippen LogP contribution in [0.4, 0.5) is 5.69 Å². The molecule has 0 aliphatic rings. The van der Waals surface area contributed by atoms with Crippen LogP contribution in [-0.4, -0.2) is 43.6 Å². The maximum absolute atomic E-state index is 9.35. The van der Waals surface area contributed by atoms with Gasteiger partial charge in [0.2, 0.25) is 0 Å². The van der Waals surface area contributed by atoms with Gasteiger partial charge in [-0.05, 0) is 94.8 Å². The number of ether oxygens (including phenoxy) is 4. The maximum Gasteiger partial charge on any atom is 0.142 e. The van der Waals surface area contributed by atoms with Crippen LogP contribution in [0, 0.1) is 25.2 Å². The van der Waals surface area contributed by atoms with Gasteiger partial charge in [0, 0.05) is 62.2 Å². The summed E-state index contributed by atoms with van der Waals surface area (Å²) in [6.45, 7) is 7.12. The van der Waals surface area contributed by atoms with Gasteiger partial charge in [-0.15, -0.1) is 0 Å². The van der Waals surface area contributed by atoms with E-state index in [2.05, 4.69) is 54.1 Å². The number of anilines is 1. The average molecular weight is 876 g/mol. The maximum atomic E-state index is 9.35.